The molecule has 0 aliphatic heterocycles. The Kier molecular flexibility index (Phi) is 6.50. The zero-order valence-electron chi connectivity index (χ0n) is 15.6. The van der Waals surface area contributed by atoms with Crippen LogP contribution in [0.1, 0.15) is 22.5 Å². The molecule has 0 bridgehead atoms. The molecular formula is C20H19Cl3N4S. The first-order valence-corrected chi connectivity index (χ1v) is 10.1. The average molecular weight is 454 g/mol. The van der Waals surface area contributed by atoms with Crippen LogP contribution in [0.15, 0.2) is 36.4 Å². The number of benzene rings is 2. The van der Waals surface area contributed by atoms with Gasteiger partial charge in [-0.1, -0.05) is 46.9 Å². The molecule has 0 aliphatic rings. The number of halogens is 3. The predicted octanol–water partition coefficient (Wildman–Crippen LogP) is 6.63. The van der Waals surface area contributed by atoms with Crippen LogP contribution in [0.25, 0.3) is 0 Å². The number of hydrogen-bond donors (Lipinski definition) is 2. The summed E-state index contributed by atoms with van der Waals surface area (Å²) >= 11 is 24.1. The molecule has 0 fully saturated rings. The normalized spacial score (nSPS) is 10.8. The number of aryl methyl sites for hydroxylation is 2. The van der Waals surface area contributed by atoms with Crippen molar-refractivity contribution in [3.05, 3.63) is 74.0 Å². The summed E-state index contributed by atoms with van der Waals surface area (Å²) < 4.78 is 1.86. The van der Waals surface area contributed by atoms with Crippen molar-refractivity contribution in [3.8, 4) is 0 Å². The first-order valence-electron chi connectivity index (χ1n) is 8.57. The minimum atomic E-state index is 0.465. The zero-order valence-corrected chi connectivity index (χ0v) is 18.7. The van der Waals surface area contributed by atoms with E-state index in [1.54, 1.807) is 0 Å². The van der Waals surface area contributed by atoms with Gasteiger partial charge in [-0.05, 0) is 62.8 Å². The molecule has 2 aromatic carbocycles. The molecule has 1 aromatic heterocycles. The van der Waals surface area contributed by atoms with Gasteiger partial charge in [0, 0.05) is 26.3 Å². The fourth-order valence-corrected chi connectivity index (χ4v) is 3.76. The highest BCUT2D eigenvalue weighted by Gasteiger charge is 2.15. The van der Waals surface area contributed by atoms with Gasteiger partial charge in [0.05, 0.1) is 23.6 Å². The van der Waals surface area contributed by atoms with Gasteiger partial charge in [0.15, 0.2) is 5.11 Å². The summed E-state index contributed by atoms with van der Waals surface area (Å²) in [6, 6.07) is 11.1. The molecule has 3 aromatic rings. The zero-order chi connectivity index (χ0) is 20.4. The second-order valence-electron chi connectivity index (χ2n) is 6.44. The first-order chi connectivity index (χ1) is 13.3. The largest absolute Gasteiger partial charge is 0.332 e. The van der Waals surface area contributed by atoms with E-state index in [-0.39, 0.29) is 0 Å². The van der Waals surface area contributed by atoms with Crippen molar-refractivity contribution in [1.82, 2.24) is 9.78 Å². The second-order valence-corrected chi connectivity index (χ2v) is 8.10. The third-order valence-corrected chi connectivity index (χ3v) is 5.58. The molecule has 3 rings (SSSR count). The fourth-order valence-electron chi connectivity index (χ4n) is 2.86. The maximum atomic E-state index is 6.30. The van der Waals surface area contributed by atoms with Crippen LogP contribution in [0.3, 0.4) is 0 Å². The number of anilines is 2. The Morgan fingerprint density at radius 3 is 2.39 bits per heavy atom. The first kappa shape index (κ1) is 20.9. The van der Waals surface area contributed by atoms with Gasteiger partial charge in [-0.2, -0.15) is 5.10 Å². The number of hydrogen-bond acceptors (Lipinski definition) is 2. The van der Waals surface area contributed by atoms with Gasteiger partial charge in [0.25, 0.3) is 0 Å². The van der Waals surface area contributed by atoms with Crippen molar-refractivity contribution >= 4 is 63.5 Å². The molecule has 4 nitrogen and oxygen atoms in total. The van der Waals surface area contributed by atoms with E-state index in [4.69, 9.17) is 47.0 Å². The van der Waals surface area contributed by atoms with Crippen LogP contribution in [0, 0.1) is 20.8 Å². The van der Waals surface area contributed by atoms with Crippen LogP contribution < -0.4 is 10.6 Å². The van der Waals surface area contributed by atoms with E-state index in [0.717, 1.165) is 33.9 Å². The summed E-state index contributed by atoms with van der Waals surface area (Å²) in [5, 5.41) is 13.4. The van der Waals surface area contributed by atoms with Crippen molar-refractivity contribution in [3.63, 3.8) is 0 Å². The Morgan fingerprint density at radius 2 is 1.71 bits per heavy atom. The van der Waals surface area contributed by atoms with E-state index in [0.29, 0.717) is 26.7 Å². The van der Waals surface area contributed by atoms with E-state index < -0.39 is 0 Å². The Labute approximate surface area is 184 Å². The van der Waals surface area contributed by atoms with E-state index in [1.807, 2.05) is 61.9 Å². The fraction of sp³-hybridized carbons (Fsp3) is 0.200. The van der Waals surface area contributed by atoms with Crippen molar-refractivity contribution in [2.45, 2.75) is 27.3 Å². The molecule has 0 saturated heterocycles. The summed E-state index contributed by atoms with van der Waals surface area (Å²) in [6.07, 6.45) is 0. The van der Waals surface area contributed by atoms with Crippen LogP contribution in [0.5, 0.6) is 0 Å². The lowest BCUT2D eigenvalue weighted by molar-refractivity contribution is 0.659. The summed E-state index contributed by atoms with van der Waals surface area (Å²) in [6.45, 7) is 6.36. The molecule has 28 heavy (non-hydrogen) atoms. The van der Waals surface area contributed by atoms with Gasteiger partial charge in [0.1, 0.15) is 0 Å². The van der Waals surface area contributed by atoms with Gasteiger partial charge in [-0.3, -0.25) is 4.68 Å². The van der Waals surface area contributed by atoms with Gasteiger partial charge >= 0.3 is 0 Å². The van der Waals surface area contributed by atoms with Crippen LogP contribution in [0.4, 0.5) is 11.4 Å². The van der Waals surface area contributed by atoms with Crippen LogP contribution in [-0.2, 0) is 6.54 Å². The number of nitrogens with zero attached hydrogens (tertiary/aromatic N) is 2. The molecule has 0 aliphatic carbocycles. The number of thiocarbonyl (C=S) groups is 1. The third-order valence-electron chi connectivity index (χ3n) is 4.44. The highest BCUT2D eigenvalue weighted by atomic mass is 35.5. The Balaban J connectivity index is 1.80. The van der Waals surface area contributed by atoms with Crippen molar-refractivity contribution in [1.29, 1.82) is 0 Å². The lowest BCUT2D eigenvalue weighted by Crippen LogP contribution is -2.20. The average Bonchev–Trinajstić information content (AvgIpc) is 2.89. The smallest absolute Gasteiger partial charge is 0.175 e. The Morgan fingerprint density at radius 1 is 1.04 bits per heavy atom. The van der Waals surface area contributed by atoms with Crippen molar-refractivity contribution < 1.29 is 0 Å². The standard InChI is InChI=1S/C20H19Cl3N4S/c1-11-7-8-14(21)9-18(11)24-20(28)25-19-12(2)26-27(13(19)3)10-15-16(22)5-4-6-17(15)23/h4-9H,10H2,1-3H3,(H2,24,25,28). The van der Waals surface area contributed by atoms with Gasteiger partial charge in [-0.25, -0.2) is 0 Å². The molecule has 8 heteroatoms. The molecule has 146 valence electrons. The molecular weight excluding hydrogens is 435 g/mol. The minimum Gasteiger partial charge on any atom is -0.332 e. The van der Waals surface area contributed by atoms with Crippen LogP contribution >= 0.6 is 47.0 Å². The van der Waals surface area contributed by atoms with E-state index in [1.165, 1.54) is 0 Å². The lowest BCUT2D eigenvalue weighted by atomic mass is 10.2. The highest BCUT2D eigenvalue weighted by molar-refractivity contribution is 7.80. The molecule has 0 amide bonds. The molecule has 1 heterocycles. The minimum absolute atomic E-state index is 0.465. The summed E-state index contributed by atoms with van der Waals surface area (Å²) in [5.41, 5.74) is 5.34. The van der Waals surface area contributed by atoms with E-state index in [9.17, 15) is 0 Å². The van der Waals surface area contributed by atoms with Crippen molar-refractivity contribution in [2.75, 3.05) is 10.6 Å². The monoisotopic (exact) mass is 452 g/mol. The van der Waals surface area contributed by atoms with Crippen LogP contribution in [0.2, 0.25) is 15.1 Å². The SMILES string of the molecule is Cc1ccc(Cl)cc1NC(=S)Nc1c(C)nn(Cc2c(Cl)cccc2Cl)c1C. The van der Waals surface area contributed by atoms with E-state index >= 15 is 0 Å². The Bertz CT molecular complexity index is 1030. The van der Waals surface area contributed by atoms with Gasteiger partial charge in [0.2, 0.25) is 0 Å². The number of nitrogens with one attached hydrogen (secondary N) is 2. The molecule has 2 N–H and O–H groups in total. The number of rotatable bonds is 4. The lowest BCUT2D eigenvalue weighted by Gasteiger charge is -2.13. The summed E-state index contributed by atoms with van der Waals surface area (Å²) in [4.78, 5) is 0. The molecule has 0 atom stereocenters. The maximum absolute atomic E-state index is 6.30. The van der Waals surface area contributed by atoms with Crippen LogP contribution in [-0.4, -0.2) is 14.9 Å². The molecule has 0 unspecified atom stereocenters. The molecule has 0 spiro atoms. The van der Waals surface area contributed by atoms with Crippen molar-refractivity contribution in [2.24, 2.45) is 0 Å². The predicted molar refractivity (Wildman–Crippen MR) is 123 cm³/mol. The molecule has 0 radical (unpaired) electrons. The van der Waals surface area contributed by atoms with Gasteiger partial charge in [-0.15, -0.1) is 0 Å². The van der Waals surface area contributed by atoms with E-state index in [2.05, 4.69) is 15.7 Å². The highest BCUT2D eigenvalue weighted by Crippen LogP contribution is 2.28. The quantitative estimate of drug-likeness (QED) is 0.435. The third kappa shape index (κ3) is 4.61. The molecule has 0 saturated carbocycles. The topological polar surface area (TPSA) is 41.9 Å². The summed E-state index contributed by atoms with van der Waals surface area (Å²) in [7, 11) is 0. The van der Waals surface area contributed by atoms with Gasteiger partial charge < -0.3 is 10.6 Å². The Hall–Kier alpha value is -1.79. The summed E-state index contributed by atoms with van der Waals surface area (Å²) in [5.74, 6) is 0. The second kappa shape index (κ2) is 8.70. The maximum Gasteiger partial charge on any atom is 0.175 e. The number of aromatic nitrogens is 2.